The van der Waals surface area contributed by atoms with Crippen LogP contribution in [0.1, 0.15) is 30.8 Å². The van der Waals surface area contributed by atoms with Gasteiger partial charge in [0.2, 0.25) is 11.8 Å². The fourth-order valence-corrected chi connectivity index (χ4v) is 2.19. The van der Waals surface area contributed by atoms with E-state index < -0.39 is 23.8 Å². The zero-order valence-electron chi connectivity index (χ0n) is 11.4. The summed E-state index contributed by atoms with van der Waals surface area (Å²) in [5.74, 6) is -1.46. The molecule has 0 aromatic carbocycles. The van der Waals surface area contributed by atoms with Gasteiger partial charge in [0.25, 0.3) is 5.91 Å². The molecule has 0 radical (unpaired) electrons. The minimum absolute atomic E-state index is 0.0767. The number of nitrogens with zero attached hydrogens (tertiary/aromatic N) is 3. The molecule has 1 unspecified atom stereocenters. The molecule has 0 bridgehead atoms. The Hall–Kier alpha value is -2.38. The lowest BCUT2D eigenvalue weighted by Crippen LogP contribution is -2.59. The van der Waals surface area contributed by atoms with Crippen molar-refractivity contribution >= 4 is 23.4 Å². The fourth-order valence-electron chi connectivity index (χ4n) is 2.19. The van der Waals surface area contributed by atoms with Gasteiger partial charge in [-0.2, -0.15) is 5.10 Å². The summed E-state index contributed by atoms with van der Waals surface area (Å²) in [5, 5.41) is 6.30. The van der Waals surface area contributed by atoms with Crippen LogP contribution in [0, 0.1) is 0 Å². The van der Waals surface area contributed by atoms with E-state index in [0.717, 1.165) is 0 Å². The van der Waals surface area contributed by atoms with Crippen molar-refractivity contribution in [3.63, 3.8) is 0 Å². The van der Waals surface area contributed by atoms with Gasteiger partial charge in [-0.3, -0.25) is 24.4 Å². The highest BCUT2D eigenvalue weighted by Gasteiger charge is 2.37. The van der Waals surface area contributed by atoms with Gasteiger partial charge in [-0.25, -0.2) is 0 Å². The molecule has 1 saturated heterocycles. The van der Waals surface area contributed by atoms with Gasteiger partial charge in [0.15, 0.2) is 5.69 Å². The van der Waals surface area contributed by atoms with Crippen LogP contribution in [0.15, 0.2) is 6.20 Å². The summed E-state index contributed by atoms with van der Waals surface area (Å²) in [4.78, 5) is 36.9. The van der Waals surface area contributed by atoms with Crippen molar-refractivity contribution in [3.8, 4) is 0 Å². The van der Waals surface area contributed by atoms with Crippen LogP contribution >= 0.6 is 0 Å². The van der Waals surface area contributed by atoms with E-state index in [1.807, 2.05) is 6.92 Å². The minimum atomic E-state index is -0.675. The van der Waals surface area contributed by atoms with Crippen LogP contribution in [0.3, 0.4) is 0 Å². The number of imide groups is 1. The molecular weight excluding hydrogens is 262 g/mol. The van der Waals surface area contributed by atoms with Crippen molar-refractivity contribution in [2.75, 3.05) is 12.3 Å². The van der Waals surface area contributed by atoms with Crippen LogP contribution in [-0.4, -0.2) is 45.0 Å². The Morgan fingerprint density at radius 2 is 2.20 bits per heavy atom. The van der Waals surface area contributed by atoms with Crippen molar-refractivity contribution in [2.45, 2.75) is 32.9 Å². The summed E-state index contributed by atoms with van der Waals surface area (Å²) in [7, 11) is 0. The number of nitrogens with one attached hydrogen (secondary N) is 1. The van der Waals surface area contributed by atoms with Crippen LogP contribution in [0.5, 0.6) is 0 Å². The lowest BCUT2D eigenvalue weighted by Gasteiger charge is -2.32. The van der Waals surface area contributed by atoms with Gasteiger partial charge in [0, 0.05) is 12.7 Å². The summed E-state index contributed by atoms with van der Waals surface area (Å²) < 4.78 is 1.54. The summed E-state index contributed by atoms with van der Waals surface area (Å²) in [5.41, 5.74) is 6.08. The number of carbonyl (C=O) groups is 3. The summed E-state index contributed by atoms with van der Waals surface area (Å²) in [6.07, 6.45) is 1.97. The van der Waals surface area contributed by atoms with Crippen molar-refractivity contribution in [1.29, 1.82) is 0 Å². The second-order valence-corrected chi connectivity index (χ2v) is 4.56. The van der Waals surface area contributed by atoms with Gasteiger partial charge in [-0.1, -0.05) is 6.92 Å². The summed E-state index contributed by atoms with van der Waals surface area (Å²) >= 11 is 0. The fraction of sp³-hybridized carbons (Fsp3) is 0.500. The Morgan fingerprint density at radius 3 is 2.75 bits per heavy atom. The second kappa shape index (κ2) is 5.32. The molecule has 2 rings (SSSR count). The SMILES string of the molecule is CCC1C(=O)NC(=O)CN1C(=O)c1nn(CC)cc1N. The van der Waals surface area contributed by atoms with E-state index in [-0.39, 0.29) is 17.9 Å². The molecule has 8 nitrogen and oxygen atoms in total. The number of hydrogen-bond donors (Lipinski definition) is 2. The average molecular weight is 279 g/mol. The van der Waals surface area contributed by atoms with E-state index in [4.69, 9.17) is 5.73 Å². The van der Waals surface area contributed by atoms with Crippen molar-refractivity contribution in [2.24, 2.45) is 0 Å². The Kier molecular flexibility index (Phi) is 3.73. The molecule has 0 saturated carbocycles. The topological polar surface area (TPSA) is 110 Å². The first-order chi connectivity index (χ1) is 9.47. The molecule has 1 aromatic heterocycles. The maximum atomic E-state index is 12.4. The number of rotatable bonds is 3. The number of amides is 3. The quantitative estimate of drug-likeness (QED) is 0.715. The number of piperazine rings is 1. The highest BCUT2D eigenvalue weighted by molar-refractivity contribution is 6.07. The smallest absolute Gasteiger partial charge is 0.277 e. The first-order valence-electron chi connectivity index (χ1n) is 6.45. The number of nitrogens with two attached hydrogens (primary N) is 1. The van der Waals surface area contributed by atoms with Crippen molar-refractivity contribution in [3.05, 3.63) is 11.9 Å². The molecule has 1 aliphatic rings. The van der Waals surface area contributed by atoms with Gasteiger partial charge in [-0.15, -0.1) is 0 Å². The number of hydrogen-bond acceptors (Lipinski definition) is 5. The Balaban J connectivity index is 2.32. The Morgan fingerprint density at radius 1 is 1.50 bits per heavy atom. The van der Waals surface area contributed by atoms with Crippen molar-refractivity contribution in [1.82, 2.24) is 20.0 Å². The number of carbonyl (C=O) groups excluding carboxylic acids is 3. The zero-order chi connectivity index (χ0) is 14.9. The largest absolute Gasteiger partial charge is 0.396 e. The first kappa shape index (κ1) is 14.0. The molecule has 20 heavy (non-hydrogen) atoms. The van der Waals surface area contributed by atoms with Gasteiger partial charge in [-0.05, 0) is 13.3 Å². The molecule has 3 N–H and O–H groups in total. The van der Waals surface area contributed by atoms with E-state index in [0.29, 0.717) is 13.0 Å². The monoisotopic (exact) mass is 279 g/mol. The molecule has 1 atom stereocenters. The average Bonchev–Trinajstić information content (AvgIpc) is 2.78. The zero-order valence-corrected chi connectivity index (χ0v) is 11.4. The van der Waals surface area contributed by atoms with Crippen LogP contribution < -0.4 is 11.1 Å². The molecule has 2 heterocycles. The van der Waals surface area contributed by atoms with E-state index in [2.05, 4.69) is 10.4 Å². The van der Waals surface area contributed by atoms with E-state index in [1.54, 1.807) is 13.1 Å². The standard InChI is InChI=1S/C12H17N5O3/c1-3-8-11(19)14-9(18)6-17(8)12(20)10-7(13)5-16(4-2)15-10/h5,8H,3-4,6,13H2,1-2H3,(H,14,18,19). The summed E-state index contributed by atoms with van der Waals surface area (Å²) in [6, 6.07) is -0.675. The molecular formula is C12H17N5O3. The van der Waals surface area contributed by atoms with Crippen LogP contribution in [-0.2, 0) is 16.1 Å². The normalized spacial score (nSPS) is 19.1. The van der Waals surface area contributed by atoms with Crippen LogP contribution in [0.2, 0.25) is 0 Å². The lowest BCUT2D eigenvalue weighted by atomic mass is 10.1. The third-order valence-electron chi connectivity index (χ3n) is 3.22. The highest BCUT2D eigenvalue weighted by atomic mass is 16.2. The first-order valence-corrected chi connectivity index (χ1v) is 6.45. The van der Waals surface area contributed by atoms with Crippen molar-refractivity contribution < 1.29 is 14.4 Å². The third-order valence-corrected chi connectivity index (χ3v) is 3.22. The maximum Gasteiger partial charge on any atom is 0.277 e. The summed E-state index contributed by atoms with van der Waals surface area (Å²) in [6.45, 7) is 4.05. The minimum Gasteiger partial charge on any atom is -0.396 e. The van der Waals surface area contributed by atoms with E-state index in [1.165, 1.54) is 9.58 Å². The molecule has 1 aliphatic heterocycles. The van der Waals surface area contributed by atoms with E-state index in [9.17, 15) is 14.4 Å². The molecule has 3 amide bonds. The number of nitrogen functional groups attached to an aromatic ring is 1. The number of aryl methyl sites for hydroxylation is 1. The molecule has 8 heteroatoms. The second-order valence-electron chi connectivity index (χ2n) is 4.56. The van der Waals surface area contributed by atoms with Gasteiger partial charge in [0.1, 0.15) is 12.6 Å². The lowest BCUT2D eigenvalue weighted by molar-refractivity contribution is -0.138. The molecule has 0 spiro atoms. The Labute approximate surface area is 115 Å². The molecule has 108 valence electrons. The van der Waals surface area contributed by atoms with E-state index >= 15 is 0 Å². The maximum absolute atomic E-state index is 12.4. The van der Waals surface area contributed by atoms with Crippen LogP contribution in [0.4, 0.5) is 5.69 Å². The highest BCUT2D eigenvalue weighted by Crippen LogP contribution is 2.17. The molecule has 1 fully saturated rings. The number of aromatic nitrogens is 2. The van der Waals surface area contributed by atoms with Crippen LogP contribution in [0.25, 0.3) is 0 Å². The Bertz CT molecular complexity index is 565. The molecule has 1 aromatic rings. The van der Waals surface area contributed by atoms with Gasteiger partial charge in [0.05, 0.1) is 5.69 Å². The number of anilines is 1. The molecule has 0 aliphatic carbocycles. The predicted molar refractivity (Wildman–Crippen MR) is 70.6 cm³/mol. The van der Waals surface area contributed by atoms with Gasteiger partial charge >= 0.3 is 0 Å². The third kappa shape index (κ3) is 2.36. The van der Waals surface area contributed by atoms with Gasteiger partial charge < -0.3 is 10.6 Å². The predicted octanol–water partition coefficient (Wildman–Crippen LogP) is -0.638.